The molecule has 204 valence electrons. The third kappa shape index (κ3) is 6.09. The highest BCUT2D eigenvalue weighted by atomic mass is 16.5. The Morgan fingerprint density at radius 1 is 0.805 bits per heavy atom. The number of nitrogens with zero attached hydrogens (tertiary/aromatic N) is 2. The maximum atomic E-state index is 12.8. The van der Waals surface area contributed by atoms with Crippen LogP contribution in [-0.4, -0.2) is 36.4 Å². The van der Waals surface area contributed by atoms with Crippen molar-refractivity contribution in [1.29, 1.82) is 0 Å². The lowest BCUT2D eigenvalue weighted by atomic mass is 10.1. The molecular weight excluding hydrogens is 514 g/mol. The molecule has 7 heteroatoms. The van der Waals surface area contributed by atoms with Crippen LogP contribution in [-0.2, 0) is 4.74 Å². The number of rotatable bonds is 9. The van der Waals surface area contributed by atoms with Crippen LogP contribution in [0.15, 0.2) is 120 Å². The zero-order chi connectivity index (χ0) is 28.6. The van der Waals surface area contributed by atoms with E-state index in [0.717, 1.165) is 33.8 Å². The van der Waals surface area contributed by atoms with Gasteiger partial charge in [-0.15, -0.1) is 0 Å². The Kier molecular flexibility index (Phi) is 8.35. The Bertz CT molecular complexity index is 1670. The van der Waals surface area contributed by atoms with E-state index in [1.807, 2.05) is 78.9 Å². The molecule has 5 rings (SSSR count). The molecule has 1 N–H and O–H groups in total. The zero-order valence-corrected chi connectivity index (χ0v) is 22.8. The monoisotopic (exact) mass is 543 g/mol. The molecule has 0 saturated heterocycles. The van der Waals surface area contributed by atoms with Crippen LogP contribution in [0.5, 0.6) is 5.75 Å². The largest absolute Gasteiger partial charge is 0.497 e. The number of carbonyl (C=O) groups excluding carboxylic acids is 2. The lowest BCUT2D eigenvalue weighted by molar-refractivity contribution is 0.0526. The number of hydrogen-bond donors (Lipinski definition) is 1. The standard InChI is InChI=1S/C34H29N3O4/c1-3-41-34(39)26-17-19-29(20-18-26)37-31(24-11-6-4-7-12-24)22-28(32(37)25-13-8-5-9-14-25)23-35-36-33(38)27-15-10-16-30(21-27)40-2/h4-23H,3H2,1-2H3,(H,36,38)/b35-23-. The fraction of sp³-hybridized carbons (Fsp3) is 0.0882. The first-order valence-electron chi connectivity index (χ1n) is 13.2. The van der Waals surface area contributed by atoms with Crippen molar-refractivity contribution in [3.8, 4) is 34.0 Å². The van der Waals surface area contributed by atoms with E-state index in [4.69, 9.17) is 9.47 Å². The minimum absolute atomic E-state index is 0.311. The summed E-state index contributed by atoms with van der Waals surface area (Å²) < 4.78 is 12.5. The lowest BCUT2D eigenvalue weighted by Crippen LogP contribution is -2.17. The number of nitrogens with one attached hydrogen (secondary N) is 1. The van der Waals surface area contributed by atoms with Crippen molar-refractivity contribution in [2.75, 3.05) is 13.7 Å². The average molecular weight is 544 g/mol. The van der Waals surface area contributed by atoms with Gasteiger partial charge in [0.1, 0.15) is 5.75 Å². The van der Waals surface area contributed by atoms with Crippen molar-refractivity contribution in [1.82, 2.24) is 9.99 Å². The summed E-state index contributed by atoms with van der Waals surface area (Å²) in [6.07, 6.45) is 1.65. The number of esters is 1. The third-order valence-electron chi connectivity index (χ3n) is 6.49. The first kappa shape index (κ1) is 27.1. The summed E-state index contributed by atoms with van der Waals surface area (Å²) in [5.74, 6) is -0.122. The molecule has 0 aliphatic carbocycles. The van der Waals surface area contributed by atoms with Gasteiger partial charge in [0.05, 0.1) is 36.9 Å². The number of carbonyl (C=O) groups is 2. The van der Waals surface area contributed by atoms with Crippen LogP contribution >= 0.6 is 0 Å². The van der Waals surface area contributed by atoms with Crippen LogP contribution < -0.4 is 10.2 Å². The van der Waals surface area contributed by atoms with Gasteiger partial charge in [0.2, 0.25) is 0 Å². The van der Waals surface area contributed by atoms with Crippen LogP contribution in [0.25, 0.3) is 28.2 Å². The molecule has 0 fully saturated rings. The third-order valence-corrected chi connectivity index (χ3v) is 6.49. The highest BCUT2D eigenvalue weighted by Gasteiger charge is 2.19. The number of ether oxygens (including phenoxy) is 2. The molecule has 0 atom stereocenters. The minimum atomic E-state index is -0.363. The molecule has 0 spiro atoms. The summed E-state index contributed by atoms with van der Waals surface area (Å²) in [7, 11) is 1.56. The van der Waals surface area contributed by atoms with E-state index in [2.05, 4.69) is 15.1 Å². The maximum Gasteiger partial charge on any atom is 0.338 e. The van der Waals surface area contributed by atoms with Gasteiger partial charge in [0.25, 0.3) is 5.91 Å². The van der Waals surface area contributed by atoms with Gasteiger partial charge in [0.15, 0.2) is 0 Å². The number of hydrazone groups is 1. The lowest BCUT2D eigenvalue weighted by Gasteiger charge is -2.15. The van der Waals surface area contributed by atoms with E-state index in [1.165, 1.54) is 0 Å². The van der Waals surface area contributed by atoms with Crippen molar-refractivity contribution in [3.63, 3.8) is 0 Å². The second kappa shape index (κ2) is 12.6. The van der Waals surface area contributed by atoms with E-state index < -0.39 is 0 Å². The second-order valence-corrected chi connectivity index (χ2v) is 9.10. The van der Waals surface area contributed by atoms with E-state index in [0.29, 0.717) is 23.5 Å². The summed E-state index contributed by atoms with van der Waals surface area (Å²) >= 11 is 0. The first-order chi connectivity index (χ1) is 20.1. The molecule has 41 heavy (non-hydrogen) atoms. The number of amides is 1. The summed E-state index contributed by atoms with van der Waals surface area (Å²) in [6.45, 7) is 2.10. The molecular formula is C34H29N3O4. The predicted molar refractivity (Wildman–Crippen MR) is 161 cm³/mol. The Morgan fingerprint density at radius 2 is 1.49 bits per heavy atom. The van der Waals surface area contributed by atoms with E-state index in [-0.39, 0.29) is 11.9 Å². The normalized spacial score (nSPS) is 10.9. The zero-order valence-electron chi connectivity index (χ0n) is 22.8. The average Bonchev–Trinajstić information content (AvgIpc) is 3.41. The maximum absolute atomic E-state index is 12.8. The smallest absolute Gasteiger partial charge is 0.338 e. The Hall–Kier alpha value is -5.43. The molecule has 0 bridgehead atoms. The summed E-state index contributed by atoms with van der Waals surface area (Å²) in [5, 5.41) is 4.32. The van der Waals surface area contributed by atoms with Gasteiger partial charge >= 0.3 is 5.97 Å². The second-order valence-electron chi connectivity index (χ2n) is 9.10. The van der Waals surface area contributed by atoms with Crippen LogP contribution in [0.2, 0.25) is 0 Å². The molecule has 0 aliphatic heterocycles. The fourth-order valence-electron chi connectivity index (χ4n) is 4.56. The van der Waals surface area contributed by atoms with Gasteiger partial charge < -0.3 is 14.0 Å². The van der Waals surface area contributed by atoms with E-state index >= 15 is 0 Å². The summed E-state index contributed by atoms with van der Waals surface area (Å²) in [6, 6.07) is 36.3. The van der Waals surface area contributed by atoms with Crippen LogP contribution in [0.4, 0.5) is 0 Å². The summed E-state index contributed by atoms with van der Waals surface area (Å²) in [4.78, 5) is 25.1. The molecule has 0 saturated carbocycles. The number of benzene rings is 4. The fourth-order valence-corrected chi connectivity index (χ4v) is 4.56. The highest BCUT2D eigenvalue weighted by Crippen LogP contribution is 2.35. The number of aromatic nitrogens is 1. The molecule has 0 aliphatic rings. The molecule has 4 aromatic carbocycles. The molecule has 5 aromatic rings. The van der Waals surface area contributed by atoms with Gasteiger partial charge in [-0.3, -0.25) is 4.79 Å². The van der Waals surface area contributed by atoms with Crippen molar-refractivity contribution in [2.24, 2.45) is 5.10 Å². The highest BCUT2D eigenvalue weighted by molar-refractivity contribution is 5.97. The Morgan fingerprint density at radius 3 is 2.15 bits per heavy atom. The molecule has 1 amide bonds. The van der Waals surface area contributed by atoms with E-state index in [1.54, 1.807) is 56.6 Å². The van der Waals surface area contributed by atoms with Crippen molar-refractivity contribution >= 4 is 18.1 Å². The molecule has 0 unspecified atom stereocenters. The minimum Gasteiger partial charge on any atom is -0.497 e. The first-order valence-corrected chi connectivity index (χ1v) is 13.2. The van der Waals surface area contributed by atoms with Crippen molar-refractivity contribution < 1.29 is 19.1 Å². The van der Waals surface area contributed by atoms with Gasteiger partial charge in [-0.05, 0) is 66.6 Å². The van der Waals surface area contributed by atoms with Gasteiger partial charge in [-0.2, -0.15) is 5.10 Å². The van der Waals surface area contributed by atoms with Gasteiger partial charge in [-0.1, -0.05) is 66.7 Å². The molecule has 1 aromatic heterocycles. The quantitative estimate of drug-likeness (QED) is 0.127. The predicted octanol–water partition coefficient (Wildman–Crippen LogP) is 6.76. The Balaban J connectivity index is 1.60. The van der Waals surface area contributed by atoms with Crippen LogP contribution in [0.1, 0.15) is 33.2 Å². The SMILES string of the molecule is CCOC(=O)c1ccc(-n2c(-c3ccccc3)cc(/C=N\NC(=O)c3cccc(OC)c3)c2-c2ccccc2)cc1. The van der Waals surface area contributed by atoms with Crippen LogP contribution in [0, 0.1) is 0 Å². The molecule has 0 radical (unpaired) electrons. The van der Waals surface area contributed by atoms with Gasteiger partial charge in [0, 0.05) is 16.8 Å². The number of methoxy groups -OCH3 is 1. The van der Waals surface area contributed by atoms with Crippen molar-refractivity contribution in [3.05, 3.63) is 132 Å². The van der Waals surface area contributed by atoms with E-state index in [9.17, 15) is 9.59 Å². The Labute approximate surface area is 238 Å². The summed E-state index contributed by atoms with van der Waals surface area (Å²) in [5.41, 5.74) is 8.98. The topological polar surface area (TPSA) is 81.9 Å². The molecule has 7 nitrogen and oxygen atoms in total. The van der Waals surface area contributed by atoms with Gasteiger partial charge in [-0.25, -0.2) is 10.2 Å². The number of hydrogen-bond acceptors (Lipinski definition) is 5. The van der Waals surface area contributed by atoms with Crippen LogP contribution in [0.3, 0.4) is 0 Å². The molecule has 1 heterocycles. The van der Waals surface area contributed by atoms with Crippen molar-refractivity contribution in [2.45, 2.75) is 6.92 Å².